The number of imide groups is 1. The van der Waals surface area contributed by atoms with Gasteiger partial charge in [0.2, 0.25) is 0 Å². The van der Waals surface area contributed by atoms with Gasteiger partial charge in [-0.25, -0.2) is 4.90 Å². The van der Waals surface area contributed by atoms with E-state index in [4.69, 9.17) is 5.11 Å². The van der Waals surface area contributed by atoms with Crippen LogP contribution in [0, 0.1) is 6.92 Å². The number of halogens is 3. The van der Waals surface area contributed by atoms with E-state index in [9.17, 15) is 22.8 Å². The molecule has 3 rings (SSSR count). The van der Waals surface area contributed by atoms with Crippen molar-refractivity contribution in [2.75, 3.05) is 17.3 Å². The quantitative estimate of drug-likeness (QED) is 0.761. The van der Waals surface area contributed by atoms with Crippen LogP contribution in [-0.2, 0) is 15.8 Å². The number of anilines is 1. The predicted octanol–water partition coefficient (Wildman–Crippen LogP) is 4.02. The summed E-state index contributed by atoms with van der Waals surface area (Å²) in [4.78, 5) is 26.8. The van der Waals surface area contributed by atoms with Crippen LogP contribution in [0.5, 0.6) is 0 Å². The zero-order chi connectivity index (χ0) is 20.5. The van der Waals surface area contributed by atoms with E-state index in [1.165, 1.54) is 6.07 Å². The third-order valence-electron chi connectivity index (χ3n) is 4.15. The summed E-state index contributed by atoms with van der Waals surface area (Å²) < 4.78 is 39.1. The molecule has 1 N–H and O–H groups in total. The topological polar surface area (TPSA) is 57.6 Å². The zero-order valence-corrected chi connectivity index (χ0v) is 15.6. The summed E-state index contributed by atoms with van der Waals surface area (Å²) in [6.07, 6.45) is -4.59. The van der Waals surface area contributed by atoms with Crippen LogP contribution < -0.4 is 4.90 Å². The lowest BCUT2D eigenvalue weighted by atomic mass is 10.0. The van der Waals surface area contributed by atoms with Gasteiger partial charge in [0.05, 0.1) is 28.3 Å². The number of aliphatic hydroxyl groups excluding tert-OH is 1. The minimum atomic E-state index is -4.59. The maximum Gasteiger partial charge on any atom is 0.416 e. The third kappa shape index (κ3) is 3.83. The number of hydrogen-bond donors (Lipinski definition) is 1. The van der Waals surface area contributed by atoms with Gasteiger partial charge in [-0.3, -0.25) is 9.59 Å². The van der Waals surface area contributed by atoms with Crippen molar-refractivity contribution in [2.24, 2.45) is 0 Å². The van der Waals surface area contributed by atoms with Crippen molar-refractivity contribution in [1.29, 1.82) is 0 Å². The molecule has 0 unspecified atom stereocenters. The Balaban J connectivity index is 2.07. The first kappa shape index (κ1) is 20.2. The van der Waals surface area contributed by atoms with Gasteiger partial charge in [-0.2, -0.15) is 13.2 Å². The van der Waals surface area contributed by atoms with E-state index in [-0.39, 0.29) is 28.5 Å². The maximum atomic E-state index is 13.0. The second kappa shape index (κ2) is 7.81. The Hall–Kier alpha value is -2.58. The fourth-order valence-corrected chi connectivity index (χ4v) is 3.68. The largest absolute Gasteiger partial charge is 0.416 e. The molecule has 0 saturated heterocycles. The number of thioether (sulfide) groups is 1. The van der Waals surface area contributed by atoms with E-state index >= 15 is 0 Å². The van der Waals surface area contributed by atoms with Crippen molar-refractivity contribution in [3.63, 3.8) is 0 Å². The average Bonchev–Trinajstić information content (AvgIpc) is 2.90. The number of nitrogens with zero attached hydrogens (tertiary/aromatic N) is 1. The molecule has 1 aliphatic heterocycles. The molecule has 2 aromatic rings. The first-order chi connectivity index (χ1) is 13.2. The van der Waals surface area contributed by atoms with Gasteiger partial charge in [0.15, 0.2) is 0 Å². The van der Waals surface area contributed by atoms with Gasteiger partial charge in [0.25, 0.3) is 11.8 Å². The van der Waals surface area contributed by atoms with Gasteiger partial charge in [0, 0.05) is 5.75 Å². The summed E-state index contributed by atoms with van der Waals surface area (Å²) >= 11 is 1.01. The van der Waals surface area contributed by atoms with E-state index in [0.717, 1.165) is 40.4 Å². The molecule has 8 heteroatoms. The first-order valence-electron chi connectivity index (χ1n) is 8.35. The molecule has 2 amide bonds. The Labute approximate surface area is 163 Å². The summed E-state index contributed by atoms with van der Waals surface area (Å²) in [5, 5.41) is 9.10. The molecule has 1 aliphatic rings. The van der Waals surface area contributed by atoms with Crippen molar-refractivity contribution < 1.29 is 27.9 Å². The lowest BCUT2D eigenvalue weighted by Crippen LogP contribution is -2.31. The van der Waals surface area contributed by atoms with Gasteiger partial charge in [-0.1, -0.05) is 35.9 Å². The van der Waals surface area contributed by atoms with Crippen molar-refractivity contribution in [3.05, 3.63) is 70.1 Å². The summed E-state index contributed by atoms with van der Waals surface area (Å²) in [6.45, 7) is 1.66. The van der Waals surface area contributed by atoms with Crippen LogP contribution in [0.1, 0.15) is 16.7 Å². The van der Waals surface area contributed by atoms with E-state index in [1.54, 1.807) is 24.3 Å². The first-order valence-corrected chi connectivity index (χ1v) is 9.33. The minimum absolute atomic E-state index is 0.111. The van der Waals surface area contributed by atoms with Gasteiger partial charge in [0.1, 0.15) is 0 Å². The maximum absolute atomic E-state index is 13.0. The number of carbonyl (C=O) groups is 2. The van der Waals surface area contributed by atoms with E-state index in [1.807, 2.05) is 6.92 Å². The van der Waals surface area contributed by atoms with E-state index < -0.39 is 23.6 Å². The molecular weight excluding hydrogens is 391 g/mol. The van der Waals surface area contributed by atoms with E-state index in [2.05, 4.69) is 0 Å². The summed E-state index contributed by atoms with van der Waals surface area (Å²) in [5.74, 6) is -1.20. The fourth-order valence-electron chi connectivity index (χ4n) is 2.82. The van der Waals surface area contributed by atoms with Gasteiger partial charge >= 0.3 is 6.18 Å². The summed E-state index contributed by atoms with van der Waals surface area (Å²) in [6, 6.07) is 11.0. The number of hydrogen-bond acceptors (Lipinski definition) is 4. The molecule has 0 aliphatic carbocycles. The SMILES string of the molecule is Cc1ccc(C2=C(SCCO)C(=O)N(c3cccc(C(F)(F)F)c3)C2=O)cc1. The average molecular weight is 407 g/mol. The molecule has 0 atom stereocenters. The lowest BCUT2D eigenvalue weighted by Gasteiger charge is -2.17. The Kier molecular flexibility index (Phi) is 5.62. The third-order valence-corrected chi connectivity index (χ3v) is 5.21. The van der Waals surface area contributed by atoms with Crippen LogP contribution in [0.4, 0.5) is 18.9 Å². The van der Waals surface area contributed by atoms with Crippen molar-refractivity contribution in [2.45, 2.75) is 13.1 Å². The lowest BCUT2D eigenvalue weighted by molar-refractivity contribution is -0.137. The molecular formula is C20H16F3NO3S. The van der Waals surface area contributed by atoms with E-state index in [0.29, 0.717) is 5.56 Å². The highest BCUT2D eigenvalue weighted by molar-refractivity contribution is 8.04. The Morgan fingerprint density at radius 2 is 1.71 bits per heavy atom. The van der Waals surface area contributed by atoms with Crippen LogP contribution >= 0.6 is 11.8 Å². The highest BCUT2D eigenvalue weighted by Crippen LogP contribution is 2.39. The molecule has 0 aromatic heterocycles. The number of aryl methyl sites for hydroxylation is 1. The van der Waals surface area contributed by atoms with Crippen molar-refractivity contribution >= 4 is 34.8 Å². The molecule has 4 nitrogen and oxygen atoms in total. The minimum Gasteiger partial charge on any atom is -0.396 e. The Bertz CT molecular complexity index is 952. The number of carbonyl (C=O) groups excluding carboxylic acids is 2. The van der Waals surface area contributed by atoms with Crippen molar-refractivity contribution in [3.8, 4) is 0 Å². The number of aliphatic hydroxyl groups is 1. The van der Waals surface area contributed by atoms with Crippen LogP contribution in [0.3, 0.4) is 0 Å². The number of alkyl halides is 3. The second-order valence-corrected chi connectivity index (χ2v) is 7.24. The molecule has 2 aromatic carbocycles. The Morgan fingerprint density at radius 3 is 2.32 bits per heavy atom. The molecule has 0 fully saturated rings. The molecule has 0 saturated carbocycles. The monoisotopic (exact) mass is 407 g/mol. The van der Waals surface area contributed by atoms with Gasteiger partial charge in [-0.05, 0) is 30.7 Å². The predicted molar refractivity (Wildman–Crippen MR) is 102 cm³/mol. The zero-order valence-electron chi connectivity index (χ0n) is 14.8. The standard InChI is InChI=1S/C20H16F3NO3S/c1-12-5-7-13(8-6-12)16-17(28-10-9-25)19(27)24(18(16)26)15-4-2-3-14(11-15)20(21,22)23/h2-8,11,25H,9-10H2,1H3. The molecule has 0 spiro atoms. The highest BCUT2D eigenvalue weighted by Gasteiger charge is 2.41. The molecule has 146 valence electrons. The smallest absolute Gasteiger partial charge is 0.396 e. The summed E-state index contributed by atoms with van der Waals surface area (Å²) in [7, 11) is 0. The van der Waals surface area contributed by atoms with Gasteiger partial charge < -0.3 is 5.11 Å². The van der Waals surface area contributed by atoms with Crippen LogP contribution in [0.15, 0.2) is 53.4 Å². The molecule has 0 radical (unpaired) electrons. The Morgan fingerprint density at radius 1 is 1.04 bits per heavy atom. The normalized spacial score (nSPS) is 15.0. The number of amides is 2. The fraction of sp³-hybridized carbons (Fsp3) is 0.200. The van der Waals surface area contributed by atoms with Crippen LogP contribution in [0.25, 0.3) is 5.57 Å². The second-order valence-electron chi connectivity index (χ2n) is 6.14. The van der Waals surface area contributed by atoms with Crippen LogP contribution in [0.2, 0.25) is 0 Å². The highest BCUT2D eigenvalue weighted by atomic mass is 32.2. The summed E-state index contributed by atoms with van der Waals surface area (Å²) in [5.41, 5.74) is 0.494. The van der Waals surface area contributed by atoms with Crippen LogP contribution in [-0.4, -0.2) is 29.3 Å². The van der Waals surface area contributed by atoms with Gasteiger partial charge in [-0.15, -0.1) is 11.8 Å². The number of benzene rings is 2. The molecule has 0 bridgehead atoms. The molecule has 1 heterocycles. The molecule has 28 heavy (non-hydrogen) atoms. The van der Waals surface area contributed by atoms with Crippen molar-refractivity contribution in [1.82, 2.24) is 0 Å². The number of rotatable bonds is 5.